The normalized spacial score (nSPS) is 12.0. The van der Waals surface area contributed by atoms with Crippen LogP contribution in [0, 0.1) is 0 Å². The van der Waals surface area contributed by atoms with E-state index >= 15 is 0 Å². The Morgan fingerprint density at radius 3 is 2.74 bits per heavy atom. The Labute approximate surface area is 177 Å². The van der Waals surface area contributed by atoms with E-state index in [4.69, 9.17) is 18.6 Å². The van der Waals surface area contributed by atoms with Gasteiger partial charge in [-0.2, -0.15) is 4.98 Å². The van der Waals surface area contributed by atoms with Crippen LogP contribution in [-0.4, -0.2) is 34.1 Å². The largest absolute Gasteiger partial charge is 0.463 e. The van der Waals surface area contributed by atoms with Crippen molar-refractivity contribution in [2.45, 2.75) is 6.92 Å². The van der Waals surface area contributed by atoms with Crippen LogP contribution < -0.4 is 19.5 Å². The van der Waals surface area contributed by atoms with Crippen LogP contribution in [0.15, 0.2) is 65.3 Å². The number of anilines is 1. The van der Waals surface area contributed by atoms with E-state index in [1.165, 1.54) is 6.26 Å². The highest BCUT2D eigenvalue weighted by atomic mass is 16.7. The number of ether oxygens (including phenoxy) is 3. The van der Waals surface area contributed by atoms with E-state index < -0.39 is 0 Å². The van der Waals surface area contributed by atoms with Crippen molar-refractivity contribution in [1.29, 1.82) is 0 Å². The Kier molecular flexibility index (Phi) is 4.75. The lowest BCUT2D eigenvalue weighted by molar-refractivity contribution is 0.0996. The molecule has 2 aromatic heterocycles. The number of nitrogens with zero attached hydrogens (tertiary/aromatic N) is 3. The van der Waals surface area contributed by atoms with Crippen LogP contribution in [0.3, 0.4) is 0 Å². The molecule has 4 aromatic rings. The van der Waals surface area contributed by atoms with Gasteiger partial charge in [0.1, 0.15) is 0 Å². The maximum atomic E-state index is 12.2. The number of rotatable bonds is 6. The second-order valence-corrected chi connectivity index (χ2v) is 6.61. The van der Waals surface area contributed by atoms with E-state index in [0.717, 1.165) is 11.3 Å². The van der Waals surface area contributed by atoms with Crippen molar-refractivity contribution in [2.24, 2.45) is 0 Å². The molecule has 1 aliphatic heterocycles. The minimum Gasteiger partial charge on any atom is -0.463 e. The number of carbonyl (C=O) groups excluding carboxylic acids is 1. The molecule has 31 heavy (non-hydrogen) atoms. The SMILES string of the molecule is CCOc1nc(-c2ccc3c(c2)OCO3)n(-c2ccc(NC(=O)c3ccco3)cc2)n1. The number of fused-ring (bicyclic) bond motifs is 1. The minimum absolute atomic E-state index is 0.195. The predicted molar refractivity (Wildman–Crippen MR) is 111 cm³/mol. The van der Waals surface area contributed by atoms with Gasteiger partial charge in [-0.1, -0.05) is 0 Å². The van der Waals surface area contributed by atoms with Crippen LogP contribution >= 0.6 is 0 Å². The zero-order valence-electron chi connectivity index (χ0n) is 16.6. The smallest absolute Gasteiger partial charge is 0.336 e. The van der Waals surface area contributed by atoms with Gasteiger partial charge in [0.25, 0.3) is 5.91 Å². The monoisotopic (exact) mass is 418 g/mol. The third-order valence-electron chi connectivity index (χ3n) is 4.61. The molecule has 0 unspecified atom stereocenters. The van der Waals surface area contributed by atoms with Crippen LogP contribution in [0.5, 0.6) is 17.5 Å². The first-order valence-electron chi connectivity index (χ1n) is 9.66. The van der Waals surface area contributed by atoms with Gasteiger partial charge in [-0.15, -0.1) is 5.10 Å². The van der Waals surface area contributed by atoms with Crippen molar-refractivity contribution in [3.63, 3.8) is 0 Å². The molecule has 9 nitrogen and oxygen atoms in total. The second-order valence-electron chi connectivity index (χ2n) is 6.61. The fourth-order valence-corrected chi connectivity index (χ4v) is 3.17. The van der Waals surface area contributed by atoms with Gasteiger partial charge in [-0.05, 0) is 61.5 Å². The zero-order chi connectivity index (χ0) is 21.2. The maximum Gasteiger partial charge on any atom is 0.336 e. The zero-order valence-corrected chi connectivity index (χ0v) is 16.6. The van der Waals surface area contributed by atoms with Gasteiger partial charge in [-0.25, -0.2) is 4.68 Å². The van der Waals surface area contributed by atoms with Crippen molar-refractivity contribution in [1.82, 2.24) is 14.8 Å². The summed E-state index contributed by atoms with van der Waals surface area (Å²) in [5, 5.41) is 7.27. The van der Waals surface area contributed by atoms with Crippen LogP contribution in [0.4, 0.5) is 5.69 Å². The standard InChI is InChI=1S/C22H18N4O5/c1-2-28-22-24-20(14-5-10-17-19(12-14)31-13-30-17)26(25-22)16-8-6-15(7-9-16)23-21(27)18-4-3-11-29-18/h3-12H,2,13H2,1H3,(H,23,27). The van der Waals surface area contributed by atoms with Gasteiger partial charge in [0, 0.05) is 11.3 Å². The first-order valence-corrected chi connectivity index (χ1v) is 9.66. The maximum absolute atomic E-state index is 12.2. The molecule has 9 heteroatoms. The molecule has 0 radical (unpaired) electrons. The summed E-state index contributed by atoms with van der Waals surface area (Å²) < 4.78 is 23.2. The molecule has 1 aliphatic rings. The van der Waals surface area contributed by atoms with Gasteiger partial charge in [0.15, 0.2) is 23.1 Å². The van der Waals surface area contributed by atoms with Gasteiger partial charge >= 0.3 is 6.01 Å². The van der Waals surface area contributed by atoms with Crippen LogP contribution in [0.25, 0.3) is 17.1 Å². The molecular formula is C22H18N4O5. The summed E-state index contributed by atoms with van der Waals surface area (Å²) >= 11 is 0. The molecular weight excluding hydrogens is 400 g/mol. The van der Waals surface area contributed by atoms with E-state index in [2.05, 4.69) is 15.4 Å². The summed E-state index contributed by atoms with van der Waals surface area (Å²) in [5.41, 5.74) is 2.18. The number of carbonyl (C=O) groups is 1. The number of hydrogen-bond acceptors (Lipinski definition) is 7. The summed E-state index contributed by atoms with van der Waals surface area (Å²) in [6.45, 7) is 2.51. The molecule has 0 saturated heterocycles. The number of nitrogens with one attached hydrogen (secondary N) is 1. The fraction of sp³-hybridized carbons (Fsp3) is 0.136. The first-order chi connectivity index (χ1) is 15.2. The molecule has 156 valence electrons. The Morgan fingerprint density at radius 2 is 1.97 bits per heavy atom. The molecule has 0 saturated carbocycles. The average molecular weight is 418 g/mol. The topological polar surface area (TPSA) is 101 Å². The number of amides is 1. The van der Waals surface area contributed by atoms with Crippen molar-refractivity contribution >= 4 is 11.6 Å². The number of aromatic nitrogens is 3. The van der Waals surface area contributed by atoms with Crippen molar-refractivity contribution < 1.29 is 23.4 Å². The van der Waals surface area contributed by atoms with Crippen molar-refractivity contribution in [3.8, 4) is 34.6 Å². The van der Waals surface area contributed by atoms with E-state index in [9.17, 15) is 4.79 Å². The summed E-state index contributed by atoms with van der Waals surface area (Å²) in [4.78, 5) is 16.7. The second kappa shape index (κ2) is 7.86. The number of benzene rings is 2. The van der Waals surface area contributed by atoms with Gasteiger partial charge in [0.05, 0.1) is 18.6 Å². The summed E-state index contributed by atoms with van der Waals surface area (Å²) in [5.74, 6) is 1.86. The molecule has 0 aliphatic carbocycles. The molecule has 0 bridgehead atoms. The van der Waals surface area contributed by atoms with Crippen molar-refractivity contribution in [2.75, 3.05) is 18.7 Å². The minimum atomic E-state index is -0.321. The van der Waals surface area contributed by atoms with Crippen LogP contribution in [-0.2, 0) is 0 Å². The first kappa shape index (κ1) is 18.7. The Morgan fingerprint density at radius 1 is 1.13 bits per heavy atom. The third kappa shape index (κ3) is 3.68. The Hall–Kier alpha value is -4.27. The predicted octanol–water partition coefficient (Wildman–Crippen LogP) is 3.91. The lowest BCUT2D eigenvalue weighted by Gasteiger charge is -2.08. The number of hydrogen-bond donors (Lipinski definition) is 1. The molecule has 2 aromatic carbocycles. The summed E-state index contributed by atoms with van der Waals surface area (Å²) in [6.07, 6.45) is 1.45. The fourth-order valence-electron chi connectivity index (χ4n) is 3.17. The highest BCUT2D eigenvalue weighted by Gasteiger charge is 2.19. The lowest BCUT2D eigenvalue weighted by Crippen LogP contribution is -2.10. The summed E-state index contributed by atoms with van der Waals surface area (Å²) in [6, 6.07) is 16.3. The lowest BCUT2D eigenvalue weighted by atomic mass is 10.2. The number of furan rings is 1. The van der Waals surface area contributed by atoms with E-state index in [1.54, 1.807) is 28.9 Å². The molecule has 5 rings (SSSR count). The van der Waals surface area contributed by atoms with Gasteiger partial charge in [0.2, 0.25) is 6.79 Å². The summed E-state index contributed by atoms with van der Waals surface area (Å²) in [7, 11) is 0. The van der Waals surface area contributed by atoms with Gasteiger partial charge < -0.3 is 23.9 Å². The van der Waals surface area contributed by atoms with E-state index in [-0.39, 0.29) is 24.5 Å². The average Bonchev–Trinajstić information content (AvgIpc) is 3.54. The van der Waals surface area contributed by atoms with Crippen LogP contribution in [0.2, 0.25) is 0 Å². The van der Waals surface area contributed by atoms with Crippen LogP contribution in [0.1, 0.15) is 17.5 Å². The Balaban J connectivity index is 1.46. The molecule has 0 atom stereocenters. The quantitative estimate of drug-likeness (QED) is 0.507. The highest BCUT2D eigenvalue weighted by molar-refractivity contribution is 6.02. The van der Waals surface area contributed by atoms with E-state index in [0.29, 0.717) is 29.6 Å². The molecule has 1 amide bonds. The Bertz CT molecular complexity index is 1220. The van der Waals surface area contributed by atoms with E-state index in [1.807, 2.05) is 37.3 Å². The molecule has 3 heterocycles. The van der Waals surface area contributed by atoms with Crippen molar-refractivity contribution in [3.05, 3.63) is 66.6 Å². The molecule has 1 N–H and O–H groups in total. The van der Waals surface area contributed by atoms with Gasteiger partial charge in [-0.3, -0.25) is 4.79 Å². The highest BCUT2D eigenvalue weighted by Crippen LogP contribution is 2.36. The molecule has 0 fully saturated rings. The molecule has 0 spiro atoms. The third-order valence-corrected chi connectivity index (χ3v) is 4.61.